The summed E-state index contributed by atoms with van der Waals surface area (Å²) < 4.78 is 0. The van der Waals surface area contributed by atoms with Gasteiger partial charge in [0.05, 0.1) is 4.92 Å². The van der Waals surface area contributed by atoms with Crippen LogP contribution in [0.3, 0.4) is 0 Å². The quantitative estimate of drug-likeness (QED) is 0.458. The molecule has 0 unspecified atom stereocenters. The molecule has 0 saturated heterocycles. The minimum Gasteiger partial charge on any atom is -0.353 e. The number of hydrogen-bond donors (Lipinski definition) is 2. The molecule has 2 rings (SSSR count). The van der Waals surface area contributed by atoms with Gasteiger partial charge in [0.25, 0.3) is 5.69 Å². The highest BCUT2D eigenvalue weighted by Crippen LogP contribution is 2.22. The Labute approximate surface area is 121 Å². The van der Waals surface area contributed by atoms with E-state index in [1.807, 2.05) is 0 Å². The van der Waals surface area contributed by atoms with Crippen LogP contribution in [-0.2, 0) is 11.3 Å². The summed E-state index contributed by atoms with van der Waals surface area (Å²) in [5.74, 6) is 0.0325. The van der Waals surface area contributed by atoms with Crippen molar-refractivity contribution in [2.24, 2.45) is 0 Å². The van der Waals surface area contributed by atoms with Gasteiger partial charge in [-0.05, 0) is 24.5 Å². The van der Waals surface area contributed by atoms with E-state index in [1.165, 1.54) is 18.2 Å². The Hall–Kier alpha value is -1.66. The molecule has 0 heterocycles. The fraction of sp³-hybridized carbons (Fsp3) is 0.462. The van der Waals surface area contributed by atoms with Crippen LogP contribution in [-0.4, -0.2) is 23.4 Å². The van der Waals surface area contributed by atoms with E-state index in [1.54, 1.807) is 0 Å². The lowest BCUT2D eigenvalue weighted by atomic mass is 10.2. The minimum atomic E-state index is -0.455. The zero-order valence-corrected chi connectivity index (χ0v) is 11.7. The maximum Gasteiger partial charge on any atom is 0.269 e. The molecule has 1 saturated carbocycles. The molecule has 1 amide bonds. The second kappa shape index (κ2) is 6.67. The minimum absolute atomic E-state index is 0.0117. The fourth-order valence-corrected chi connectivity index (χ4v) is 1.95. The third kappa shape index (κ3) is 4.47. The first-order valence-electron chi connectivity index (χ1n) is 6.49. The normalized spacial score (nSPS) is 14.1. The van der Waals surface area contributed by atoms with Gasteiger partial charge in [0.15, 0.2) is 0 Å². The number of nitrogens with zero attached hydrogens (tertiary/aromatic N) is 1. The van der Waals surface area contributed by atoms with E-state index in [4.69, 9.17) is 11.6 Å². The van der Waals surface area contributed by atoms with Gasteiger partial charge in [0.1, 0.15) is 0 Å². The van der Waals surface area contributed by atoms with Crippen molar-refractivity contribution in [3.63, 3.8) is 0 Å². The Kier molecular flexibility index (Phi) is 4.92. The summed E-state index contributed by atoms with van der Waals surface area (Å²) in [4.78, 5) is 21.7. The van der Waals surface area contributed by atoms with Gasteiger partial charge in [-0.25, -0.2) is 0 Å². The molecule has 2 N–H and O–H groups in total. The maximum absolute atomic E-state index is 11.4. The van der Waals surface area contributed by atoms with Crippen LogP contribution in [0.4, 0.5) is 5.69 Å². The van der Waals surface area contributed by atoms with Gasteiger partial charge in [0.2, 0.25) is 5.91 Å². The number of nitro benzene ring substituents is 1. The number of benzene rings is 1. The van der Waals surface area contributed by atoms with Crippen molar-refractivity contribution in [2.75, 3.05) is 6.54 Å². The van der Waals surface area contributed by atoms with Crippen molar-refractivity contribution >= 4 is 23.2 Å². The summed E-state index contributed by atoms with van der Waals surface area (Å²) in [7, 11) is 0. The molecule has 1 aromatic rings. The van der Waals surface area contributed by atoms with Gasteiger partial charge in [-0.15, -0.1) is 0 Å². The van der Waals surface area contributed by atoms with Gasteiger partial charge in [0, 0.05) is 42.7 Å². The second-order valence-corrected chi connectivity index (χ2v) is 5.21. The first-order valence-corrected chi connectivity index (χ1v) is 6.87. The van der Waals surface area contributed by atoms with Crippen molar-refractivity contribution in [1.29, 1.82) is 0 Å². The lowest BCUT2D eigenvalue weighted by molar-refractivity contribution is -0.384. The second-order valence-electron chi connectivity index (χ2n) is 4.80. The Morgan fingerprint density at radius 3 is 2.85 bits per heavy atom. The van der Waals surface area contributed by atoms with E-state index in [-0.39, 0.29) is 11.6 Å². The first-order chi connectivity index (χ1) is 9.56. The first kappa shape index (κ1) is 14.7. The number of nitrogens with one attached hydrogen (secondary N) is 2. The number of rotatable bonds is 7. The third-order valence-corrected chi connectivity index (χ3v) is 3.40. The molecule has 7 heteroatoms. The standard InChI is InChI=1S/C13H16ClN3O3/c14-12-4-3-11(17(19)20)7-9(12)8-15-6-5-13(18)16-10-1-2-10/h3-4,7,10,15H,1-2,5-6,8H2,(H,16,18). The van der Waals surface area contributed by atoms with Gasteiger partial charge >= 0.3 is 0 Å². The van der Waals surface area contributed by atoms with Crippen molar-refractivity contribution in [2.45, 2.75) is 31.8 Å². The zero-order chi connectivity index (χ0) is 14.5. The maximum atomic E-state index is 11.4. The molecule has 1 fully saturated rings. The smallest absolute Gasteiger partial charge is 0.269 e. The van der Waals surface area contributed by atoms with E-state index < -0.39 is 4.92 Å². The Morgan fingerprint density at radius 2 is 2.20 bits per heavy atom. The van der Waals surface area contributed by atoms with Gasteiger partial charge in [-0.1, -0.05) is 11.6 Å². The molecule has 0 radical (unpaired) electrons. The molecule has 1 aliphatic rings. The van der Waals surface area contributed by atoms with E-state index in [2.05, 4.69) is 10.6 Å². The summed E-state index contributed by atoms with van der Waals surface area (Å²) in [6, 6.07) is 4.69. The molecule has 20 heavy (non-hydrogen) atoms. The van der Waals surface area contributed by atoms with Gasteiger partial charge in [-0.2, -0.15) is 0 Å². The molecule has 0 aromatic heterocycles. The lowest BCUT2D eigenvalue weighted by Crippen LogP contribution is -2.29. The van der Waals surface area contributed by atoms with Crippen LogP contribution in [0, 0.1) is 10.1 Å². The van der Waals surface area contributed by atoms with Crippen molar-refractivity contribution in [3.8, 4) is 0 Å². The molecular formula is C13H16ClN3O3. The molecule has 0 aliphatic heterocycles. The molecule has 1 aromatic carbocycles. The lowest BCUT2D eigenvalue weighted by Gasteiger charge is -2.07. The SMILES string of the molecule is O=C(CCNCc1cc([N+](=O)[O-])ccc1Cl)NC1CC1. The predicted octanol–water partition coefficient (Wildman–Crippen LogP) is 2.01. The number of hydrogen-bond acceptors (Lipinski definition) is 4. The third-order valence-electron chi connectivity index (χ3n) is 3.03. The topological polar surface area (TPSA) is 84.3 Å². The molecule has 1 aliphatic carbocycles. The monoisotopic (exact) mass is 297 g/mol. The number of non-ortho nitro benzene ring substituents is 1. The summed E-state index contributed by atoms with van der Waals surface area (Å²) in [6.45, 7) is 0.912. The van der Waals surface area contributed by atoms with Crippen LogP contribution in [0.25, 0.3) is 0 Å². The highest BCUT2D eigenvalue weighted by Gasteiger charge is 2.22. The van der Waals surface area contributed by atoms with Crippen molar-refractivity contribution in [1.82, 2.24) is 10.6 Å². The molecule has 6 nitrogen and oxygen atoms in total. The van der Waals surface area contributed by atoms with Crippen LogP contribution >= 0.6 is 11.6 Å². The van der Waals surface area contributed by atoms with E-state index in [0.29, 0.717) is 36.1 Å². The highest BCUT2D eigenvalue weighted by molar-refractivity contribution is 6.31. The predicted molar refractivity (Wildman–Crippen MR) is 75.6 cm³/mol. The van der Waals surface area contributed by atoms with Crippen LogP contribution in [0.15, 0.2) is 18.2 Å². The fourth-order valence-electron chi connectivity index (χ4n) is 1.76. The summed E-state index contributed by atoms with van der Waals surface area (Å²) in [6.07, 6.45) is 2.54. The number of carbonyl (C=O) groups excluding carboxylic acids is 1. The number of carbonyl (C=O) groups is 1. The highest BCUT2D eigenvalue weighted by atomic mass is 35.5. The van der Waals surface area contributed by atoms with Crippen LogP contribution < -0.4 is 10.6 Å². The van der Waals surface area contributed by atoms with Gasteiger partial charge in [-0.3, -0.25) is 14.9 Å². The van der Waals surface area contributed by atoms with E-state index in [9.17, 15) is 14.9 Å². The summed E-state index contributed by atoms with van der Waals surface area (Å²) >= 11 is 5.98. The van der Waals surface area contributed by atoms with E-state index >= 15 is 0 Å². The Bertz CT molecular complexity index is 518. The largest absolute Gasteiger partial charge is 0.353 e. The van der Waals surface area contributed by atoms with Crippen LogP contribution in [0.2, 0.25) is 5.02 Å². The Balaban J connectivity index is 1.76. The van der Waals surface area contributed by atoms with E-state index in [0.717, 1.165) is 12.8 Å². The molecule has 0 bridgehead atoms. The molecule has 0 spiro atoms. The van der Waals surface area contributed by atoms with Gasteiger partial charge < -0.3 is 10.6 Å². The average molecular weight is 298 g/mol. The van der Waals surface area contributed by atoms with Crippen LogP contribution in [0.1, 0.15) is 24.8 Å². The summed E-state index contributed by atoms with van der Waals surface area (Å²) in [5, 5.41) is 17.1. The average Bonchev–Trinajstić information content (AvgIpc) is 3.20. The van der Waals surface area contributed by atoms with Crippen molar-refractivity contribution in [3.05, 3.63) is 38.9 Å². The Morgan fingerprint density at radius 1 is 1.45 bits per heavy atom. The molecular weight excluding hydrogens is 282 g/mol. The van der Waals surface area contributed by atoms with Crippen LogP contribution in [0.5, 0.6) is 0 Å². The zero-order valence-electron chi connectivity index (χ0n) is 10.9. The number of nitro groups is 1. The van der Waals surface area contributed by atoms with Crippen molar-refractivity contribution < 1.29 is 9.72 Å². The number of amides is 1. The molecule has 108 valence electrons. The number of halogens is 1. The summed E-state index contributed by atoms with van der Waals surface area (Å²) in [5.41, 5.74) is 0.668. The molecule has 0 atom stereocenters.